The second kappa shape index (κ2) is 14.6. The summed E-state index contributed by atoms with van der Waals surface area (Å²) in [5.74, 6) is 4.99. The van der Waals surface area contributed by atoms with Gasteiger partial charge in [-0.2, -0.15) is 0 Å². The van der Waals surface area contributed by atoms with Gasteiger partial charge in [0.25, 0.3) is 5.91 Å². The van der Waals surface area contributed by atoms with E-state index >= 15 is 0 Å². The number of benzene rings is 2. The Bertz CT molecular complexity index is 1970. The number of fused-ring (bicyclic) bond motifs is 4. The van der Waals surface area contributed by atoms with Gasteiger partial charge in [0.1, 0.15) is 17.0 Å². The van der Waals surface area contributed by atoms with E-state index in [1.807, 2.05) is 39.3 Å². The Labute approximate surface area is 332 Å². The third kappa shape index (κ3) is 7.16. The number of allylic oxidation sites excluding steroid dienone is 1. The number of anilines is 1. The van der Waals surface area contributed by atoms with Crippen molar-refractivity contribution in [1.82, 2.24) is 14.5 Å². The first-order chi connectivity index (χ1) is 26.2. The average molecular weight is 793 g/mol. The summed E-state index contributed by atoms with van der Waals surface area (Å²) >= 11 is 6.52. The zero-order valence-corrected chi connectivity index (χ0v) is 34.4. The molecule has 298 valence electrons. The van der Waals surface area contributed by atoms with Crippen molar-refractivity contribution in [2.75, 3.05) is 64.9 Å². The summed E-state index contributed by atoms with van der Waals surface area (Å²) < 4.78 is 36.3. The zero-order valence-electron chi connectivity index (χ0n) is 32.8. The van der Waals surface area contributed by atoms with Crippen molar-refractivity contribution < 1.29 is 28.0 Å². The number of ether oxygens (including phenoxy) is 3. The van der Waals surface area contributed by atoms with Crippen LogP contribution in [0.4, 0.5) is 10.5 Å². The number of rotatable bonds is 3. The Hall–Kier alpha value is -3.25. The quantitative estimate of drug-likeness (QED) is 0.279. The summed E-state index contributed by atoms with van der Waals surface area (Å²) in [6.45, 7) is 9.04. The van der Waals surface area contributed by atoms with E-state index in [1.165, 1.54) is 11.1 Å². The largest absolute Gasteiger partial charge is 0.490 e. The van der Waals surface area contributed by atoms with Gasteiger partial charge >= 0.3 is 6.09 Å². The van der Waals surface area contributed by atoms with Gasteiger partial charge in [0.2, 0.25) is 0 Å². The number of methoxy groups -OCH3 is 1. The molecule has 55 heavy (non-hydrogen) atoms. The van der Waals surface area contributed by atoms with E-state index in [0.29, 0.717) is 31.1 Å². The number of nitrogens with zero attached hydrogens (tertiary/aromatic N) is 3. The number of likely N-dealkylation sites (tertiary alicyclic amines) is 1. The van der Waals surface area contributed by atoms with Crippen molar-refractivity contribution in [2.24, 2.45) is 17.8 Å². The highest BCUT2D eigenvalue weighted by Gasteiger charge is 2.51. The number of hydrogen-bond donors (Lipinski definition) is 1. The molecule has 2 bridgehead atoms. The Balaban J connectivity index is 1.16. The summed E-state index contributed by atoms with van der Waals surface area (Å²) in [6.07, 6.45) is 11.6. The molecule has 1 unspecified atom stereocenters. The van der Waals surface area contributed by atoms with E-state index in [0.717, 1.165) is 94.1 Å². The van der Waals surface area contributed by atoms with Crippen LogP contribution in [0.3, 0.4) is 0 Å². The lowest BCUT2D eigenvalue weighted by Crippen LogP contribution is -2.58. The fourth-order valence-electron chi connectivity index (χ4n) is 10.4. The van der Waals surface area contributed by atoms with Gasteiger partial charge in [-0.1, -0.05) is 36.7 Å². The maximum absolute atomic E-state index is 14.1. The van der Waals surface area contributed by atoms with Crippen LogP contribution < -0.4 is 14.4 Å². The van der Waals surface area contributed by atoms with Crippen LogP contribution in [0.5, 0.6) is 5.75 Å². The van der Waals surface area contributed by atoms with Crippen molar-refractivity contribution >= 4 is 44.9 Å². The Morgan fingerprint density at radius 2 is 1.87 bits per heavy atom. The van der Waals surface area contributed by atoms with Crippen LogP contribution in [0.2, 0.25) is 5.02 Å². The van der Waals surface area contributed by atoms with Gasteiger partial charge in [-0.25, -0.2) is 9.00 Å². The molecule has 1 N–H and O–H groups in total. The number of likely N-dealkylation sites (N-methyl/N-ethyl adjacent to an activating group) is 1. The molecule has 0 radical (unpaired) electrons. The lowest BCUT2D eigenvalue weighted by Gasteiger charge is -2.52. The van der Waals surface area contributed by atoms with Gasteiger partial charge in [0.15, 0.2) is 0 Å². The van der Waals surface area contributed by atoms with Crippen molar-refractivity contribution in [3.8, 4) is 5.75 Å². The molecule has 2 saturated heterocycles. The van der Waals surface area contributed by atoms with E-state index in [4.69, 9.17) is 25.8 Å². The molecule has 2 spiro atoms. The Morgan fingerprint density at radius 1 is 1.07 bits per heavy atom. The molecule has 0 aromatic heterocycles. The predicted molar refractivity (Wildman–Crippen MR) is 219 cm³/mol. The second-order valence-electron chi connectivity index (χ2n) is 17.6. The number of carbonyl (C=O) groups is 2. The third-order valence-electron chi connectivity index (χ3n) is 14.1. The molecule has 3 fully saturated rings. The summed E-state index contributed by atoms with van der Waals surface area (Å²) in [6, 6.07) is 11.9. The lowest BCUT2D eigenvalue weighted by molar-refractivity contribution is -0.101. The minimum atomic E-state index is -2.99. The number of piperidine rings is 1. The number of halogens is 1. The highest BCUT2D eigenvalue weighted by molar-refractivity contribution is 7.99. The van der Waals surface area contributed by atoms with Crippen LogP contribution in [0.15, 0.2) is 48.6 Å². The van der Waals surface area contributed by atoms with Crippen LogP contribution >= 0.6 is 11.6 Å². The first kappa shape index (κ1) is 38.6. The smallest absolute Gasteiger partial charge is 0.410 e. The Kier molecular flexibility index (Phi) is 10.3. The molecule has 10 nitrogen and oxygen atoms in total. The first-order valence-electron chi connectivity index (χ1n) is 20.1. The summed E-state index contributed by atoms with van der Waals surface area (Å²) in [4.78, 5) is 32.8. The third-order valence-corrected chi connectivity index (χ3v) is 16.6. The van der Waals surface area contributed by atoms with Crippen molar-refractivity contribution in [2.45, 2.75) is 87.1 Å². The van der Waals surface area contributed by atoms with E-state index in [2.05, 4.69) is 51.6 Å². The predicted octanol–water partition coefficient (Wildman–Crippen LogP) is 6.49. The monoisotopic (exact) mass is 792 g/mol. The highest BCUT2D eigenvalue weighted by atomic mass is 35.5. The number of aryl methyl sites for hydroxylation is 1. The molecular formula is C43H57ClN4O6S. The molecule has 1 saturated carbocycles. The van der Waals surface area contributed by atoms with E-state index < -0.39 is 20.9 Å². The van der Waals surface area contributed by atoms with Crippen LogP contribution in [0, 0.1) is 17.8 Å². The van der Waals surface area contributed by atoms with Gasteiger partial charge in [-0.3, -0.25) is 14.4 Å². The molecular weight excluding hydrogens is 736 g/mol. The molecule has 4 heterocycles. The van der Waals surface area contributed by atoms with Crippen LogP contribution in [-0.2, 0) is 31.0 Å². The molecule has 2 aromatic rings. The zero-order chi connectivity index (χ0) is 38.8. The number of amides is 2. The van der Waals surface area contributed by atoms with Crippen LogP contribution in [-0.4, -0.2) is 108 Å². The number of carbonyl (C=O) groups excluding carboxylic acids is 2. The normalized spacial score (nSPS) is 35.5. The molecule has 4 aliphatic heterocycles. The fourth-order valence-corrected chi connectivity index (χ4v) is 12.1. The minimum absolute atomic E-state index is 0.00883. The Morgan fingerprint density at radius 3 is 2.58 bits per heavy atom. The molecule has 12 heteroatoms. The summed E-state index contributed by atoms with van der Waals surface area (Å²) in [5, 5.41) is 0.384. The molecule has 2 aliphatic carbocycles. The number of nitrogens with one attached hydrogen (secondary N) is 1. The molecule has 2 aromatic carbocycles. The maximum atomic E-state index is 14.1. The van der Waals surface area contributed by atoms with Gasteiger partial charge in [-0.15, -0.1) is 0 Å². The van der Waals surface area contributed by atoms with Gasteiger partial charge in [0.05, 0.1) is 28.5 Å². The lowest BCUT2D eigenvalue weighted by atomic mass is 9.63. The van der Waals surface area contributed by atoms with E-state index in [1.54, 1.807) is 11.0 Å². The molecule has 2 amide bonds. The molecule has 7 atom stereocenters. The van der Waals surface area contributed by atoms with Gasteiger partial charge in [0, 0.05) is 81.0 Å². The van der Waals surface area contributed by atoms with Crippen LogP contribution in [0.1, 0.15) is 80.3 Å². The van der Waals surface area contributed by atoms with Crippen molar-refractivity contribution in [3.05, 3.63) is 70.3 Å². The standard InChI is InChI=1S/C43H57ClN4O6S/c1-29-8-6-17-43(52-4,27-47-20-18-42(19-21-47)26-46(3)40(50)54-42)36-13-10-33(36)24-48-25-41(16-7-9-31-22-34(44)12-14-35(31)41)28-53-38-15-11-32(23-37(38)48)39(49)45-55(5,51)30(29)2/h6,11-12,14-15,17,22-23,29-30,33,36H,5,7-10,13,16,18-21,24-28H2,1-4H3,(H,45,49,51)/b17-6+/t29-,30+,33-,36+,41-,43+,55?/m0/s1. The second-order valence-corrected chi connectivity index (χ2v) is 20.4. The maximum Gasteiger partial charge on any atom is 0.410 e. The molecule has 6 aliphatic rings. The topological polar surface area (TPSA) is 101 Å². The van der Waals surface area contributed by atoms with E-state index in [9.17, 15) is 13.8 Å². The number of hydrogen-bond acceptors (Lipinski definition) is 8. The van der Waals surface area contributed by atoms with Gasteiger partial charge < -0.3 is 24.0 Å². The minimum Gasteiger partial charge on any atom is -0.490 e. The first-order valence-corrected chi connectivity index (χ1v) is 22.3. The molecule has 8 rings (SSSR count). The van der Waals surface area contributed by atoms with Crippen molar-refractivity contribution in [1.29, 1.82) is 0 Å². The van der Waals surface area contributed by atoms with Gasteiger partial charge in [-0.05, 0) is 111 Å². The van der Waals surface area contributed by atoms with E-state index in [-0.39, 0.29) is 34.5 Å². The average Bonchev–Trinajstić information content (AvgIpc) is 3.33. The SMILES string of the molecule is C=S1(=O)NC(=O)c2ccc3c(c2)N(C[C@@H]2CC[C@H]2[C@@](CN2CCC4(CC2)CN(C)C(=O)O4)(OC)/C=C/C[C@H](C)[C@H]1C)C[C@@]1(CCCc2cc(Cl)ccc21)CO3. The highest BCUT2D eigenvalue weighted by Crippen LogP contribution is 2.49. The fraction of sp³-hybridized carbons (Fsp3) is 0.605. The van der Waals surface area contributed by atoms with Crippen LogP contribution in [0.25, 0.3) is 0 Å². The summed E-state index contributed by atoms with van der Waals surface area (Å²) in [5.41, 5.74) is 2.67. The summed E-state index contributed by atoms with van der Waals surface area (Å²) in [7, 11) is 0.672. The van der Waals surface area contributed by atoms with Crippen molar-refractivity contribution in [3.63, 3.8) is 0 Å².